The van der Waals surface area contributed by atoms with Gasteiger partial charge in [-0.25, -0.2) is 0 Å². The molecule has 1 heterocycles. The average Bonchev–Trinajstić information content (AvgIpc) is 2.17. The number of carbonyl (C=O) groups excluding carboxylic acids is 1. The van der Waals surface area contributed by atoms with Crippen LogP contribution in [0.4, 0.5) is 0 Å². The van der Waals surface area contributed by atoms with Gasteiger partial charge in [0.05, 0.1) is 5.92 Å². The van der Waals surface area contributed by atoms with Gasteiger partial charge in [0.2, 0.25) is 5.91 Å². The highest BCUT2D eigenvalue weighted by atomic mass is 16.2. The van der Waals surface area contributed by atoms with Crippen molar-refractivity contribution < 1.29 is 4.79 Å². The van der Waals surface area contributed by atoms with E-state index in [1.165, 1.54) is 12.8 Å². The maximum absolute atomic E-state index is 11.6. The number of nitrogens with zero attached hydrogens (tertiary/aromatic N) is 1. The molecule has 0 aromatic heterocycles. The van der Waals surface area contributed by atoms with Gasteiger partial charge in [-0.2, -0.15) is 0 Å². The van der Waals surface area contributed by atoms with Crippen molar-refractivity contribution in [1.82, 2.24) is 10.2 Å². The number of carbonyl (C=O) groups is 1. The number of hydrogen-bond acceptors (Lipinski definition) is 2. The minimum Gasteiger partial charge on any atom is -0.349 e. The van der Waals surface area contributed by atoms with Gasteiger partial charge in [-0.3, -0.25) is 4.79 Å². The van der Waals surface area contributed by atoms with Gasteiger partial charge in [0.15, 0.2) is 0 Å². The Kier molecular flexibility index (Phi) is 3.72. The van der Waals surface area contributed by atoms with Crippen LogP contribution in [0.1, 0.15) is 26.2 Å². The SMILES string of the molecule is CC(C(=O)N(C)C)C1CCCCN1. The summed E-state index contributed by atoms with van der Waals surface area (Å²) in [5, 5.41) is 3.41. The van der Waals surface area contributed by atoms with Crippen molar-refractivity contribution in [3.8, 4) is 0 Å². The summed E-state index contributed by atoms with van der Waals surface area (Å²) in [6, 6.07) is 0.392. The summed E-state index contributed by atoms with van der Waals surface area (Å²) < 4.78 is 0. The second-order valence-electron chi connectivity index (χ2n) is 4.08. The Hall–Kier alpha value is -0.570. The van der Waals surface area contributed by atoms with Crippen LogP contribution in [-0.4, -0.2) is 37.5 Å². The summed E-state index contributed by atoms with van der Waals surface area (Å²) >= 11 is 0. The number of nitrogens with one attached hydrogen (secondary N) is 1. The molecule has 0 saturated carbocycles. The predicted molar refractivity (Wildman–Crippen MR) is 53.5 cm³/mol. The van der Waals surface area contributed by atoms with Crippen LogP contribution in [0.25, 0.3) is 0 Å². The van der Waals surface area contributed by atoms with Crippen molar-refractivity contribution in [1.29, 1.82) is 0 Å². The van der Waals surface area contributed by atoms with Gasteiger partial charge in [0.25, 0.3) is 0 Å². The lowest BCUT2D eigenvalue weighted by Gasteiger charge is -2.29. The van der Waals surface area contributed by atoms with Crippen LogP contribution in [0.5, 0.6) is 0 Å². The fourth-order valence-corrected chi connectivity index (χ4v) is 1.88. The van der Waals surface area contributed by atoms with Crippen molar-refractivity contribution in [2.75, 3.05) is 20.6 Å². The smallest absolute Gasteiger partial charge is 0.226 e. The van der Waals surface area contributed by atoms with Crippen molar-refractivity contribution in [3.05, 3.63) is 0 Å². The summed E-state index contributed by atoms with van der Waals surface area (Å²) in [5.74, 6) is 0.356. The maximum Gasteiger partial charge on any atom is 0.226 e. The van der Waals surface area contributed by atoms with E-state index >= 15 is 0 Å². The van der Waals surface area contributed by atoms with Crippen molar-refractivity contribution in [2.24, 2.45) is 5.92 Å². The van der Waals surface area contributed by atoms with Gasteiger partial charge in [-0.15, -0.1) is 0 Å². The molecule has 2 unspecified atom stereocenters. The molecule has 1 rings (SSSR count). The van der Waals surface area contributed by atoms with Crippen LogP contribution in [0.2, 0.25) is 0 Å². The Balaban J connectivity index is 2.45. The van der Waals surface area contributed by atoms with E-state index in [9.17, 15) is 4.79 Å². The van der Waals surface area contributed by atoms with Crippen molar-refractivity contribution in [3.63, 3.8) is 0 Å². The first kappa shape index (κ1) is 10.5. The highest BCUT2D eigenvalue weighted by Crippen LogP contribution is 2.16. The quantitative estimate of drug-likeness (QED) is 0.690. The number of rotatable bonds is 2. The fourth-order valence-electron chi connectivity index (χ4n) is 1.88. The maximum atomic E-state index is 11.6. The number of piperidine rings is 1. The third-order valence-corrected chi connectivity index (χ3v) is 2.78. The van der Waals surface area contributed by atoms with Gasteiger partial charge in [0.1, 0.15) is 0 Å². The Labute approximate surface area is 80.5 Å². The molecule has 0 aromatic carbocycles. The summed E-state index contributed by atoms with van der Waals surface area (Å²) in [7, 11) is 3.64. The van der Waals surface area contributed by atoms with E-state index < -0.39 is 0 Å². The molecule has 1 aliphatic rings. The molecule has 13 heavy (non-hydrogen) atoms. The van der Waals surface area contributed by atoms with E-state index in [2.05, 4.69) is 5.32 Å². The molecular weight excluding hydrogens is 164 g/mol. The summed E-state index contributed by atoms with van der Waals surface area (Å²) in [4.78, 5) is 13.3. The molecule has 0 spiro atoms. The highest BCUT2D eigenvalue weighted by Gasteiger charge is 2.25. The molecule has 1 aliphatic heterocycles. The first-order valence-corrected chi connectivity index (χ1v) is 5.07. The van der Waals surface area contributed by atoms with Gasteiger partial charge >= 0.3 is 0 Å². The average molecular weight is 184 g/mol. The Morgan fingerprint density at radius 3 is 2.62 bits per heavy atom. The Morgan fingerprint density at radius 2 is 2.15 bits per heavy atom. The lowest BCUT2D eigenvalue weighted by Crippen LogP contribution is -2.45. The van der Waals surface area contributed by atoms with Gasteiger partial charge < -0.3 is 10.2 Å². The Morgan fingerprint density at radius 1 is 1.46 bits per heavy atom. The molecule has 3 nitrogen and oxygen atoms in total. The van der Waals surface area contributed by atoms with Crippen LogP contribution in [-0.2, 0) is 4.79 Å². The molecule has 1 saturated heterocycles. The van der Waals surface area contributed by atoms with Crippen molar-refractivity contribution >= 4 is 5.91 Å². The van der Waals surface area contributed by atoms with Crippen LogP contribution in [0.15, 0.2) is 0 Å². The zero-order valence-corrected chi connectivity index (χ0v) is 8.84. The van der Waals surface area contributed by atoms with E-state index in [0.29, 0.717) is 6.04 Å². The number of hydrogen-bond donors (Lipinski definition) is 1. The van der Waals surface area contributed by atoms with E-state index in [0.717, 1.165) is 13.0 Å². The third-order valence-electron chi connectivity index (χ3n) is 2.78. The second kappa shape index (κ2) is 4.61. The topological polar surface area (TPSA) is 32.3 Å². The van der Waals surface area contributed by atoms with E-state index in [-0.39, 0.29) is 11.8 Å². The summed E-state index contributed by atoms with van der Waals surface area (Å²) in [6.07, 6.45) is 3.64. The highest BCUT2D eigenvalue weighted by molar-refractivity contribution is 5.78. The standard InChI is InChI=1S/C10H20N2O/c1-8(10(13)12(2)3)9-6-4-5-7-11-9/h8-9,11H,4-7H2,1-3H3. The minimum atomic E-state index is 0.121. The molecule has 1 N–H and O–H groups in total. The molecule has 0 aliphatic carbocycles. The lowest BCUT2D eigenvalue weighted by molar-refractivity contribution is -0.133. The van der Waals surface area contributed by atoms with Crippen LogP contribution in [0.3, 0.4) is 0 Å². The van der Waals surface area contributed by atoms with E-state index in [4.69, 9.17) is 0 Å². The molecule has 2 atom stereocenters. The zero-order chi connectivity index (χ0) is 9.84. The van der Waals surface area contributed by atoms with Crippen LogP contribution in [0, 0.1) is 5.92 Å². The molecular formula is C10H20N2O. The monoisotopic (exact) mass is 184 g/mol. The lowest BCUT2D eigenvalue weighted by atomic mass is 9.93. The van der Waals surface area contributed by atoms with Crippen LogP contribution >= 0.6 is 0 Å². The normalized spacial score (nSPS) is 25.3. The first-order valence-electron chi connectivity index (χ1n) is 5.07. The molecule has 0 aromatic rings. The minimum absolute atomic E-state index is 0.121. The molecule has 3 heteroatoms. The molecule has 1 fully saturated rings. The predicted octanol–water partition coefficient (Wildman–Crippen LogP) is 0.853. The summed E-state index contributed by atoms with van der Waals surface area (Å²) in [5.41, 5.74) is 0. The Bertz CT molecular complexity index is 174. The van der Waals surface area contributed by atoms with Gasteiger partial charge in [-0.1, -0.05) is 13.3 Å². The van der Waals surface area contributed by atoms with Crippen molar-refractivity contribution in [2.45, 2.75) is 32.2 Å². The first-order chi connectivity index (χ1) is 6.13. The molecule has 0 radical (unpaired) electrons. The third kappa shape index (κ3) is 2.69. The fraction of sp³-hybridized carbons (Fsp3) is 0.900. The summed E-state index contributed by atoms with van der Waals surface area (Å²) in [6.45, 7) is 3.08. The van der Waals surface area contributed by atoms with E-state index in [1.807, 2.05) is 21.0 Å². The zero-order valence-electron chi connectivity index (χ0n) is 8.84. The van der Waals surface area contributed by atoms with Gasteiger partial charge in [-0.05, 0) is 19.4 Å². The van der Waals surface area contributed by atoms with Crippen LogP contribution < -0.4 is 5.32 Å². The number of amides is 1. The largest absolute Gasteiger partial charge is 0.349 e. The van der Waals surface area contributed by atoms with E-state index in [1.54, 1.807) is 4.90 Å². The molecule has 0 bridgehead atoms. The second-order valence-corrected chi connectivity index (χ2v) is 4.08. The molecule has 1 amide bonds. The molecule has 76 valence electrons. The van der Waals surface area contributed by atoms with Gasteiger partial charge in [0, 0.05) is 20.1 Å².